The maximum Gasteiger partial charge on any atom is 0.265 e. The van der Waals surface area contributed by atoms with Crippen molar-refractivity contribution in [2.45, 2.75) is 18.2 Å². The molecule has 112 valence electrons. The van der Waals surface area contributed by atoms with Crippen LogP contribution in [0.4, 0.5) is 11.4 Å². The predicted molar refractivity (Wildman–Crippen MR) is 85.3 cm³/mol. The van der Waals surface area contributed by atoms with Crippen LogP contribution in [0.5, 0.6) is 0 Å². The van der Waals surface area contributed by atoms with Gasteiger partial charge in [0.15, 0.2) is 0 Å². The fraction of sp³-hybridized carbons (Fsp3) is 0.214. The van der Waals surface area contributed by atoms with Gasteiger partial charge in [0.1, 0.15) is 4.90 Å². The van der Waals surface area contributed by atoms with Gasteiger partial charge in [-0.2, -0.15) is 0 Å². The number of benzene rings is 1. The molecule has 2 aromatic rings. The molecule has 0 fully saturated rings. The molecule has 1 aromatic carbocycles. The summed E-state index contributed by atoms with van der Waals surface area (Å²) in [5.74, 6) is 0. The van der Waals surface area contributed by atoms with Crippen LogP contribution in [0.15, 0.2) is 47.6 Å². The molecule has 0 aliphatic heterocycles. The predicted octanol–water partition coefficient (Wildman–Crippen LogP) is 3.36. The maximum atomic E-state index is 12.5. The summed E-state index contributed by atoms with van der Waals surface area (Å²) in [5, 5.41) is 3.42. The number of para-hydroxylation sites is 1. The van der Waals surface area contributed by atoms with Gasteiger partial charge in [-0.1, -0.05) is 30.7 Å². The first kappa shape index (κ1) is 15.6. The molecular formula is C14H16ClN3O2S. The van der Waals surface area contributed by atoms with Crippen molar-refractivity contribution < 1.29 is 8.42 Å². The van der Waals surface area contributed by atoms with Crippen molar-refractivity contribution in [3.8, 4) is 0 Å². The molecule has 0 saturated heterocycles. The highest BCUT2D eigenvalue weighted by atomic mass is 35.5. The van der Waals surface area contributed by atoms with Crippen molar-refractivity contribution in [1.82, 2.24) is 4.98 Å². The Balaban J connectivity index is 2.34. The molecule has 1 aromatic heterocycles. The largest absolute Gasteiger partial charge is 0.384 e. The SMILES string of the molecule is CCCNc1ccncc1S(=O)(=O)Nc1ccccc1Cl. The van der Waals surface area contributed by atoms with E-state index in [1.165, 1.54) is 6.20 Å². The Labute approximate surface area is 129 Å². The highest BCUT2D eigenvalue weighted by Gasteiger charge is 2.19. The Kier molecular flexibility index (Phi) is 5.03. The van der Waals surface area contributed by atoms with E-state index >= 15 is 0 Å². The normalized spacial score (nSPS) is 11.1. The van der Waals surface area contributed by atoms with Crippen LogP contribution in [0.2, 0.25) is 5.02 Å². The molecule has 0 bridgehead atoms. The topological polar surface area (TPSA) is 71.1 Å². The number of nitrogens with zero attached hydrogens (tertiary/aromatic N) is 1. The Morgan fingerprint density at radius 3 is 2.67 bits per heavy atom. The molecule has 2 N–H and O–H groups in total. The Bertz CT molecular complexity index is 720. The van der Waals surface area contributed by atoms with E-state index in [0.717, 1.165) is 6.42 Å². The number of hydrogen-bond donors (Lipinski definition) is 2. The number of rotatable bonds is 6. The summed E-state index contributed by atoms with van der Waals surface area (Å²) in [6.07, 6.45) is 3.75. The highest BCUT2D eigenvalue weighted by Crippen LogP contribution is 2.26. The van der Waals surface area contributed by atoms with Crippen LogP contribution in [0.25, 0.3) is 0 Å². The van der Waals surface area contributed by atoms with Crippen LogP contribution in [0.3, 0.4) is 0 Å². The quantitative estimate of drug-likeness (QED) is 0.854. The summed E-state index contributed by atoms with van der Waals surface area (Å²) in [6.45, 7) is 2.68. The molecule has 2 rings (SSSR count). The lowest BCUT2D eigenvalue weighted by molar-refractivity contribution is 0.601. The number of sulfonamides is 1. The summed E-state index contributed by atoms with van der Waals surface area (Å²) in [7, 11) is -3.76. The van der Waals surface area contributed by atoms with Crippen LogP contribution < -0.4 is 10.0 Å². The van der Waals surface area contributed by atoms with Crippen molar-refractivity contribution in [2.24, 2.45) is 0 Å². The smallest absolute Gasteiger partial charge is 0.265 e. The van der Waals surface area contributed by atoms with Gasteiger partial charge in [-0.15, -0.1) is 0 Å². The van der Waals surface area contributed by atoms with E-state index in [4.69, 9.17) is 11.6 Å². The summed E-state index contributed by atoms with van der Waals surface area (Å²) in [4.78, 5) is 3.99. The average molecular weight is 326 g/mol. The lowest BCUT2D eigenvalue weighted by Gasteiger charge is -2.13. The Morgan fingerprint density at radius 2 is 1.95 bits per heavy atom. The Hall–Kier alpha value is -1.79. The molecule has 0 radical (unpaired) electrons. The van der Waals surface area contributed by atoms with E-state index in [9.17, 15) is 8.42 Å². The monoisotopic (exact) mass is 325 g/mol. The molecule has 0 aliphatic rings. The molecule has 0 amide bonds. The number of anilines is 2. The number of hydrogen-bond acceptors (Lipinski definition) is 4. The molecular weight excluding hydrogens is 310 g/mol. The lowest BCUT2D eigenvalue weighted by atomic mass is 10.3. The molecule has 7 heteroatoms. The molecule has 0 aliphatic carbocycles. The fourth-order valence-corrected chi connectivity index (χ4v) is 3.19. The van der Waals surface area contributed by atoms with Gasteiger partial charge >= 0.3 is 0 Å². The van der Waals surface area contributed by atoms with Gasteiger partial charge in [-0.05, 0) is 24.6 Å². The average Bonchev–Trinajstić information content (AvgIpc) is 2.47. The van der Waals surface area contributed by atoms with E-state index in [2.05, 4.69) is 15.0 Å². The molecule has 5 nitrogen and oxygen atoms in total. The second-order valence-electron chi connectivity index (χ2n) is 4.38. The Morgan fingerprint density at radius 1 is 1.19 bits per heavy atom. The minimum atomic E-state index is -3.76. The molecule has 1 heterocycles. The lowest BCUT2D eigenvalue weighted by Crippen LogP contribution is -2.16. The van der Waals surface area contributed by atoms with Crippen molar-refractivity contribution in [1.29, 1.82) is 0 Å². The molecule has 21 heavy (non-hydrogen) atoms. The molecule has 0 spiro atoms. The first-order valence-electron chi connectivity index (χ1n) is 6.50. The second kappa shape index (κ2) is 6.78. The van der Waals surface area contributed by atoms with Crippen molar-refractivity contribution >= 4 is 33.0 Å². The zero-order valence-electron chi connectivity index (χ0n) is 11.5. The maximum absolute atomic E-state index is 12.5. The van der Waals surface area contributed by atoms with Crippen molar-refractivity contribution in [2.75, 3.05) is 16.6 Å². The van der Waals surface area contributed by atoms with E-state index in [0.29, 0.717) is 22.9 Å². The number of nitrogens with one attached hydrogen (secondary N) is 2. The third-order valence-corrected chi connectivity index (χ3v) is 4.48. The second-order valence-corrected chi connectivity index (χ2v) is 6.44. The third kappa shape index (κ3) is 3.86. The zero-order valence-corrected chi connectivity index (χ0v) is 13.1. The first-order valence-corrected chi connectivity index (χ1v) is 8.36. The van der Waals surface area contributed by atoms with Crippen LogP contribution in [0.1, 0.15) is 13.3 Å². The summed E-state index contributed by atoms with van der Waals surface area (Å²) in [6, 6.07) is 8.31. The minimum Gasteiger partial charge on any atom is -0.384 e. The third-order valence-electron chi connectivity index (χ3n) is 2.76. The van der Waals surface area contributed by atoms with Gasteiger partial charge in [0.2, 0.25) is 0 Å². The highest BCUT2D eigenvalue weighted by molar-refractivity contribution is 7.92. The van der Waals surface area contributed by atoms with Gasteiger partial charge in [0, 0.05) is 18.9 Å². The van der Waals surface area contributed by atoms with Crippen molar-refractivity contribution in [3.63, 3.8) is 0 Å². The first-order chi connectivity index (χ1) is 10.0. The molecule has 0 atom stereocenters. The minimum absolute atomic E-state index is 0.0957. The van der Waals surface area contributed by atoms with Gasteiger partial charge in [-0.25, -0.2) is 8.42 Å². The standard InChI is InChI=1S/C14H16ClN3O2S/c1-2-8-17-13-7-9-16-10-14(13)21(19,20)18-12-6-4-3-5-11(12)15/h3-7,9-10,18H,2,8H2,1H3,(H,16,17). The number of pyridine rings is 1. The van der Waals surface area contributed by atoms with E-state index in [1.807, 2.05) is 6.92 Å². The van der Waals surface area contributed by atoms with E-state index < -0.39 is 10.0 Å². The number of aromatic nitrogens is 1. The summed E-state index contributed by atoms with van der Waals surface area (Å²) >= 11 is 5.98. The van der Waals surface area contributed by atoms with Gasteiger partial charge in [0.05, 0.1) is 16.4 Å². The summed E-state index contributed by atoms with van der Waals surface area (Å²) < 4.78 is 27.5. The van der Waals surface area contributed by atoms with Gasteiger partial charge in [0.25, 0.3) is 10.0 Å². The van der Waals surface area contributed by atoms with Crippen LogP contribution in [0, 0.1) is 0 Å². The van der Waals surface area contributed by atoms with E-state index in [1.54, 1.807) is 36.5 Å². The fourth-order valence-electron chi connectivity index (χ4n) is 1.74. The van der Waals surface area contributed by atoms with Crippen molar-refractivity contribution in [3.05, 3.63) is 47.7 Å². The van der Waals surface area contributed by atoms with E-state index in [-0.39, 0.29) is 4.90 Å². The van der Waals surface area contributed by atoms with Crippen LogP contribution >= 0.6 is 11.6 Å². The van der Waals surface area contributed by atoms with Gasteiger partial charge in [-0.3, -0.25) is 9.71 Å². The molecule has 0 unspecified atom stereocenters. The zero-order chi connectivity index (χ0) is 15.3. The summed E-state index contributed by atoms with van der Waals surface area (Å²) in [5.41, 5.74) is 0.857. The van der Waals surface area contributed by atoms with Crippen LogP contribution in [-0.4, -0.2) is 19.9 Å². The number of halogens is 1. The van der Waals surface area contributed by atoms with Crippen LogP contribution in [-0.2, 0) is 10.0 Å². The van der Waals surface area contributed by atoms with Gasteiger partial charge < -0.3 is 5.32 Å². The molecule has 0 saturated carbocycles.